The molecule has 0 bridgehead atoms. The summed E-state index contributed by atoms with van der Waals surface area (Å²) in [5.41, 5.74) is 9.18. The molecule has 4 heteroatoms. The summed E-state index contributed by atoms with van der Waals surface area (Å²) in [6.07, 6.45) is 0. The topological polar surface area (TPSA) is 67.2 Å². The van der Waals surface area contributed by atoms with Crippen LogP contribution in [0.3, 0.4) is 0 Å². The number of nitrogens with two attached hydrogens (primary N) is 1. The highest BCUT2D eigenvalue weighted by Gasteiger charge is 2.02. The molecule has 0 heterocycles. The number of amides is 2. The molecule has 0 aliphatic heterocycles. The molecule has 0 aliphatic carbocycles. The molecular weight excluding hydrogens is 238 g/mol. The predicted molar refractivity (Wildman–Crippen MR) is 77.9 cm³/mol. The highest BCUT2D eigenvalue weighted by atomic mass is 16.2. The van der Waals surface area contributed by atoms with Crippen molar-refractivity contribution in [3.8, 4) is 0 Å². The molecule has 2 amide bonds. The van der Waals surface area contributed by atoms with E-state index < -0.39 is 0 Å². The van der Waals surface area contributed by atoms with E-state index in [4.69, 9.17) is 5.73 Å². The quantitative estimate of drug-likeness (QED) is 0.738. The Morgan fingerprint density at radius 1 is 1.16 bits per heavy atom. The fraction of sp³-hybridized carbons (Fsp3) is 0.133. The SMILES string of the molecule is Cc1cc(NC(=O)NCc2ccccc2)ccc1N. The van der Waals surface area contributed by atoms with Gasteiger partial charge in [0.15, 0.2) is 0 Å². The minimum Gasteiger partial charge on any atom is -0.399 e. The van der Waals surface area contributed by atoms with E-state index in [0.717, 1.165) is 22.5 Å². The summed E-state index contributed by atoms with van der Waals surface area (Å²) in [7, 11) is 0. The largest absolute Gasteiger partial charge is 0.399 e. The lowest BCUT2D eigenvalue weighted by Gasteiger charge is -2.09. The van der Waals surface area contributed by atoms with Crippen LogP contribution in [0.25, 0.3) is 0 Å². The average molecular weight is 255 g/mol. The maximum absolute atomic E-state index is 11.7. The summed E-state index contributed by atoms with van der Waals surface area (Å²) < 4.78 is 0. The summed E-state index contributed by atoms with van der Waals surface area (Å²) in [5, 5.41) is 5.57. The molecule has 0 saturated heterocycles. The summed E-state index contributed by atoms with van der Waals surface area (Å²) in [6, 6.07) is 14.9. The Balaban J connectivity index is 1.89. The lowest BCUT2D eigenvalue weighted by atomic mass is 10.2. The number of carbonyl (C=O) groups is 1. The standard InChI is InChI=1S/C15H17N3O/c1-11-9-13(7-8-14(11)16)18-15(19)17-10-12-5-3-2-4-6-12/h2-9H,10,16H2,1H3,(H2,17,18,19). The number of benzene rings is 2. The molecular formula is C15H17N3O. The molecule has 0 atom stereocenters. The molecule has 0 saturated carbocycles. The Bertz CT molecular complexity index is 567. The van der Waals surface area contributed by atoms with Crippen LogP contribution in [0.4, 0.5) is 16.2 Å². The first kappa shape index (κ1) is 13.0. The van der Waals surface area contributed by atoms with Crippen molar-refractivity contribution < 1.29 is 4.79 Å². The van der Waals surface area contributed by atoms with Crippen molar-refractivity contribution >= 4 is 17.4 Å². The van der Waals surface area contributed by atoms with E-state index in [1.807, 2.05) is 43.3 Å². The third kappa shape index (κ3) is 3.74. The number of nitrogens with one attached hydrogen (secondary N) is 2. The first-order chi connectivity index (χ1) is 9.15. The number of nitrogen functional groups attached to an aromatic ring is 1. The van der Waals surface area contributed by atoms with Gasteiger partial charge in [0.2, 0.25) is 0 Å². The van der Waals surface area contributed by atoms with Gasteiger partial charge in [-0.05, 0) is 36.2 Å². The third-order valence-corrected chi connectivity index (χ3v) is 2.82. The van der Waals surface area contributed by atoms with E-state index in [-0.39, 0.29) is 6.03 Å². The number of carbonyl (C=O) groups excluding carboxylic acids is 1. The zero-order valence-corrected chi connectivity index (χ0v) is 10.8. The van der Waals surface area contributed by atoms with E-state index in [0.29, 0.717) is 6.54 Å². The third-order valence-electron chi connectivity index (χ3n) is 2.82. The molecule has 0 spiro atoms. The lowest BCUT2D eigenvalue weighted by Crippen LogP contribution is -2.28. The van der Waals surface area contributed by atoms with Crippen LogP contribution < -0.4 is 16.4 Å². The molecule has 2 aromatic carbocycles. The molecule has 0 unspecified atom stereocenters. The van der Waals surface area contributed by atoms with Crippen molar-refractivity contribution in [2.24, 2.45) is 0 Å². The first-order valence-corrected chi connectivity index (χ1v) is 6.10. The second kappa shape index (κ2) is 5.91. The number of aryl methyl sites for hydroxylation is 1. The maximum atomic E-state index is 11.7. The number of rotatable bonds is 3. The van der Waals surface area contributed by atoms with Gasteiger partial charge in [-0.3, -0.25) is 0 Å². The number of anilines is 2. The highest BCUT2D eigenvalue weighted by Crippen LogP contribution is 2.16. The van der Waals surface area contributed by atoms with E-state index in [1.165, 1.54) is 0 Å². The Morgan fingerprint density at radius 2 is 1.89 bits per heavy atom. The molecule has 0 aliphatic rings. The summed E-state index contributed by atoms with van der Waals surface area (Å²) >= 11 is 0. The number of urea groups is 1. The van der Waals surface area contributed by atoms with Crippen LogP contribution in [0, 0.1) is 6.92 Å². The summed E-state index contributed by atoms with van der Waals surface area (Å²) in [5.74, 6) is 0. The van der Waals surface area contributed by atoms with Gasteiger partial charge in [0, 0.05) is 17.9 Å². The molecule has 4 N–H and O–H groups in total. The molecule has 2 aromatic rings. The van der Waals surface area contributed by atoms with Gasteiger partial charge in [0.05, 0.1) is 0 Å². The zero-order valence-electron chi connectivity index (χ0n) is 10.8. The van der Waals surface area contributed by atoms with Gasteiger partial charge in [-0.1, -0.05) is 30.3 Å². The van der Waals surface area contributed by atoms with Crippen molar-refractivity contribution in [3.05, 3.63) is 59.7 Å². The summed E-state index contributed by atoms with van der Waals surface area (Å²) in [4.78, 5) is 11.7. The summed E-state index contributed by atoms with van der Waals surface area (Å²) in [6.45, 7) is 2.41. The van der Waals surface area contributed by atoms with Crippen molar-refractivity contribution in [2.45, 2.75) is 13.5 Å². The average Bonchev–Trinajstić information content (AvgIpc) is 2.42. The zero-order chi connectivity index (χ0) is 13.7. The van der Waals surface area contributed by atoms with Gasteiger partial charge < -0.3 is 16.4 Å². The molecule has 2 rings (SSSR count). The minimum absolute atomic E-state index is 0.229. The van der Waals surface area contributed by atoms with Crippen LogP contribution in [0.15, 0.2) is 48.5 Å². The monoisotopic (exact) mass is 255 g/mol. The number of hydrogen-bond acceptors (Lipinski definition) is 2. The van der Waals surface area contributed by atoms with Gasteiger partial charge in [-0.15, -0.1) is 0 Å². The second-order valence-electron chi connectivity index (χ2n) is 4.36. The Hall–Kier alpha value is -2.49. The first-order valence-electron chi connectivity index (χ1n) is 6.10. The second-order valence-corrected chi connectivity index (χ2v) is 4.36. The maximum Gasteiger partial charge on any atom is 0.319 e. The van der Waals surface area contributed by atoms with Crippen molar-refractivity contribution in [1.82, 2.24) is 5.32 Å². The number of hydrogen-bond donors (Lipinski definition) is 3. The van der Waals surface area contributed by atoms with E-state index in [1.54, 1.807) is 12.1 Å². The van der Waals surface area contributed by atoms with Gasteiger partial charge in [0.25, 0.3) is 0 Å². The van der Waals surface area contributed by atoms with Crippen LogP contribution in [0.5, 0.6) is 0 Å². The van der Waals surface area contributed by atoms with Gasteiger partial charge >= 0.3 is 6.03 Å². The normalized spacial score (nSPS) is 9.95. The Labute approximate surface area is 112 Å². The van der Waals surface area contributed by atoms with Crippen molar-refractivity contribution in [2.75, 3.05) is 11.1 Å². The van der Waals surface area contributed by atoms with Crippen molar-refractivity contribution in [3.63, 3.8) is 0 Å². The van der Waals surface area contributed by atoms with E-state index in [9.17, 15) is 4.79 Å². The molecule has 0 fully saturated rings. The smallest absolute Gasteiger partial charge is 0.319 e. The fourth-order valence-electron chi connectivity index (χ4n) is 1.71. The highest BCUT2D eigenvalue weighted by molar-refractivity contribution is 5.89. The molecule has 0 radical (unpaired) electrons. The fourth-order valence-corrected chi connectivity index (χ4v) is 1.71. The Morgan fingerprint density at radius 3 is 2.58 bits per heavy atom. The van der Waals surface area contributed by atoms with Crippen LogP contribution in [0.2, 0.25) is 0 Å². The van der Waals surface area contributed by atoms with E-state index >= 15 is 0 Å². The van der Waals surface area contributed by atoms with Gasteiger partial charge in [-0.25, -0.2) is 4.79 Å². The molecule has 4 nitrogen and oxygen atoms in total. The van der Waals surface area contributed by atoms with Crippen molar-refractivity contribution in [1.29, 1.82) is 0 Å². The van der Waals surface area contributed by atoms with Crippen LogP contribution >= 0.6 is 0 Å². The molecule has 98 valence electrons. The van der Waals surface area contributed by atoms with Gasteiger partial charge in [0.1, 0.15) is 0 Å². The van der Waals surface area contributed by atoms with E-state index in [2.05, 4.69) is 10.6 Å². The van der Waals surface area contributed by atoms with Gasteiger partial charge in [-0.2, -0.15) is 0 Å². The molecule has 19 heavy (non-hydrogen) atoms. The van der Waals surface area contributed by atoms with Crippen LogP contribution in [0.1, 0.15) is 11.1 Å². The lowest BCUT2D eigenvalue weighted by molar-refractivity contribution is 0.251. The van der Waals surface area contributed by atoms with Crippen LogP contribution in [-0.2, 0) is 6.54 Å². The Kier molecular flexibility index (Phi) is 4.03. The predicted octanol–water partition coefficient (Wildman–Crippen LogP) is 2.90. The molecule has 0 aromatic heterocycles. The van der Waals surface area contributed by atoms with Crippen LogP contribution in [-0.4, -0.2) is 6.03 Å². The minimum atomic E-state index is -0.229.